The lowest BCUT2D eigenvalue weighted by Crippen LogP contribution is -2.30. The summed E-state index contributed by atoms with van der Waals surface area (Å²) in [6.07, 6.45) is 1.25. The number of aromatic nitrogens is 2. The van der Waals surface area contributed by atoms with Crippen molar-refractivity contribution in [3.63, 3.8) is 0 Å². The van der Waals surface area contributed by atoms with Gasteiger partial charge < -0.3 is 10.6 Å². The molecule has 0 saturated heterocycles. The Morgan fingerprint density at radius 1 is 1.07 bits per heavy atom. The van der Waals surface area contributed by atoms with Crippen molar-refractivity contribution in [2.45, 2.75) is 18.6 Å². The van der Waals surface area contributed by atoms with Gasteiger partial charge in [0.05, 0.1) is 5.75 Å². The van der Waals surface area contributed by atoms with Gasteiger partial charge in [0.25, 0.3) is 11.5 Å². The monoisotopic (exact) mass is 422 g/mol. The van der Waals surface area contributed by atoms with Crippen LogP contribution in [-0.2, 0) is 18.4 Å². The normalized spacial score (nSPS) is 10.5. The van der Waals surface area contributed by atoms with Gasteiger partial charge in [0.1, 0.15) is 5.56 Å². The first-order chi connectivity index (χ1) is 14.4. The Morgan fingerprint density at radius 3 is 2.47 bits per heavy atom. The zero-order chi connectivity index (χ0) is 21.5. The number of rotatable bonds is 7. The molecule has 1 aromatic heterocycles. The third-order valence-corrected chi connectivity index (χ3v) is 5.39. The molecule has 30 heavy (non-hydrogen) atoms. The SMILES string of the molecule is Cc1ccc(NC(=O)c2cnc(SCC(=O)NCc3ccccc3)n(C)c2=O)cc1. The first-order valence-corrected chi connectivity index (χ1v) is 10.3. The number of hydrogen-bond acceptors (Lipinski definition) is 5. The van der Waals surface area contributed by atoms with Gasteiger partial charge in [0, 0.05) is 25.5 Å². The third kappa shape index (κ3) is 5.57. The van der Waals surface area contributed by atoms with Gasteiger partial charge in [-0.3, -0.25) is 19.0 Å². The highest BCUT2D eigenvalue weighted by Crippen LogP contribution is 2.14. The van der Waals surface area contributed by atoms with Crippen molar-refractivity contribution in [1.82, 2.24) is 14.9 Å². The van der Waals surface area contributed by atoms with Gasteiger partial charge >= 0.3 is 0 Å². The van der Waals surface area contributed by atoms with Crippen LogP contribution in [0.1, 0.15) is 21.5 Å². The number of nitrogens with one attached hydrogen (secondary N) is 2. The van der Waals surface area contributed by atoms with Crippen LogP contribution in [0, 0.1) is 6.92 Å². The second-order valence-corrected chi connectivity index (χ2v) is 7.63. The van der Waals surface area contributed by atoms with Crippen LogP contribution in [0.2, 0.25) is 0 Å². The molecule has 0 fully saturated rings. The summed E-state index contributed by atoms with van der Waals surface area (Å²) in [7, 11) is 1.53. The lowest BCUT2D eigenvalue weighted by atomic mass is 10.2. The van der Waals surface area contributed by atoms with E-state index in [0.29, 0.717) is 17.4 Å². The Bertz CT molecular complexity index is 1100. The molecule has 0 atom stereocenters. The van der Waals surface area contributed by atoms with Crippen molar-refractivity contribution in [2.24, 2.45) is 7.05 Å². The Kier molecular flexibility index (Phi) is 7.03. The predicted molar refractivity (Wildman–Crippen MR) is 118 cm³/mol. The molecule has 154 valence electrons. The Balaban J connectivity index is 1.60. The maximum Gasteiger partial charge on any atom is 0.266 e. The summed E-state index contributed by atoms with van der Waals surface area (Å²) in [5.41, 5.74) is 2.14. The number of amides is 2. The molecule has 0 unspecified atom stereocenters. The van der Waals surface area contributed by atoms with Gasteiger partial charge in [-0.1, -0.05) is 59.8 Å². The summed E-state index contributed by atoms with van der Waals surface area (Å²) in [5.74, 6) is -0.578. The van der Waals surface area contributed by atoms with Crippen molar-refractivity contribution in [3.8, 4) is 0 Å². The van der Waals surface area contributed by atoms with Crippen LogP contribution in [-0.4, -0.2) is 27.1 Å². The van der Waals surface area contributed by atoms with E-state index in [1.165, 1.54) is 17.8 Å². The van der Waals surface area contributed by atoms with Crippen LogP contribution in [0.3, 0.4) is 0 Å². The van der Waals surface area contributed by atoms with Crippen LogP contribution < -0.4 is 16.2 Å². The molecule has 3 rings (SSSR count). The Labute approximate surface area is 178 Å². The van der Waals surface area contributed by atoms with E-state index in [9.17, 15) is 14.4 Å². The minimum atomic E-state index is -0.524. The van der Waals surface area contributed by atoms with Gasteiger partial charge in [0.2, 0.25) is 5.91 Å². The molecule has 0 radical (unpaired) electrons. The number of anilines is 1. The van der Waals surface area contributed by atoms with Crippen molar-refractivity contribution >= 4 is 29.3 Å². The molecule has 8 heteroatoms. The second kappa shape index (κ2) is 9.89. The summed E-state index contributed by atoms with van der Waals surface area (Å²) >= 11 is 1.14. The van der Waals surface area contributed by atoms with Crippen molar-refractivity contribution in [1.29, 1.82) is 0 Å². The van der Waals surface area contributed by atoms with E-state index in [1.54, 1.807) is 12.1 Å². The summed E-state index contributed by atoms with van der Waals surface area (Å²) < 4.78 is 1.28. The van der Waals surface area contributed by atoms with Crippen molar-refractivity contribution in [3.05, 3.63) is 87.8 Å². The van der Waals surface area contributed by atoms with Crippen molar-refractivity contribution in [2.75, 3.05) is 11.1 Å². The fourth-order valence-electron chi connectivity index (χ4n) is 2.63. The molecule has 0 spiro atoms. The van der Waals surface area contributed by atoms with Gasteiger partial charge in [-0.2, -0.15) is 0 Å². The number of hydrogen-bond donors (Lipinski definition) is 2. The van der Waals surface area contributed by atoms with E-state index in [-0.39, 0.29) is 17.2 Å². The van der Waals surface area contributed by atoms with Crippen LogP contribution in [0.5, 0.6) is 0 Å². The number of nitrogens with zero attached hydrogens (tertiary/aromatic N) is 2. The summed E-state index contributed by atoms with van der Waals surface area (Å²) in [6, 6.07) is 16.9. The van der Waals surface area contributed by atoms with Gasteiger partial charge in [-0.25, -0.2) is 4.98 Å². The molecule has 1 heterocycles. The quantitative estimate of drug-likeness (QED) is 0.451. The van der Waals surface area contributed by atoms with Crippen LogP contribution in [0.4, 0.5) is 5.69 Å². The van der Waals surface area contributed by atoms with Gasteiger partial charge in [-0.15, -0.1) is 0 Å². The predicted octanol–water partition coefficient (Wildman–Crippen LogP) is 2.75. The van der Waals surface area contributed by atoms with E-state index in [4.69, 9.17) is 0 Å². The van der Waals surface area contributed by atoms with Gasteiger partial charge in [0.15, 0.2) is 5.16 Å². The minimum Gasteiger partial charge on any atom is -0.351 e. The van der Waals surface area contributed by atoms with Crippen molar-refractivity contribution < 1.29 is 9.59 Å². The molecule has 0 aliphatic rings. The Hall–Kier alpha value is -3.39. The van der Waals surface area contributed by atoms with E-state index >= 15 is 0 Å². The van der Waals surface area contributed by atoms with E-state index in [0.717, 1.165) is 22.9 Å². The minimum absolute atomic E-state index is 0.0593. The first kappa shape index (κ1) is 21.3. The third-order valence-electron chi connectivity index (χ3n) is 4.34. The smallest absolute Gasteiger partial charge is 0.266 e. The molecular weight excluding hydrogens is 400 g/mol. The molecule has 7 nitrogen and oxygen atoms in total. The zero-order valence-corrected chi connectivity index (χ0v) is 17.5. The van der Waals surface area contributed by atoms with Crippen LogP contribution in [0.25, 0.3) is 0 Å². The largest absolute Gasteiger partial charge is 0.351 e. The standard InChI is InChI=1S/C22H22N4O3S/c1-15-8-10-17(11-9-15)25-20(28)18-13-24-22(26(2)21(18)29)30-14-19(27)23-12-16-6-4-3-5-7-16/h3-11,13H,12,14H2,1-2H3,(H,23,27)(H,25,28). The molecule has 2 aromatic carbocycles. The lowest BCUT2D eigenvalue weighted by molar-refractivity contribution is -0.118. The fraction of sp³-hybridized carbons (Fsp3) is 0.182. The maximum absolute atomic E-state index is 12.6. The second-order valence-electron chi connectivity index (χ2n) is 6.69. The van der Waals surface area contributed by atoms with E-state index in [2.05, 4.69) is 15.6 Å². The average Bonchev–Trinajstić information content (AvgIpc) is 2.75. The molecular formula is C22H22N4O3S. The number of carbonyl (C=O) groups is 2. The van der Waals surface area contributed by atoms with Crippen LogP contribution >= 0.6 is 11.8 Å². The molecule has 3 aromatic rings. The zero-order valence-electron chi connectivity index (χ0n) is 16.7. The van der Waals surface area contributed by atoms with E-state index in [1.807, 2.05) is 49.4 Å². The highest BCUT2D eigenvalue weighted by atomic mass is 32.2. The molecule has 0 bridgehead atoms. The summed E-state index contributed by atoms with van der Waals surface area (Å²) in [5, 5.41) is 5.88. The highest BCUT2D eigenvalue weighted by Gasteiger charge is 2.16. The summed E-state index contributed by atoms with van der Waals surface area (Å²) in [6.45, 7) is 2.38. The molecule has 2 N–H and O–H groups in total. The molecule has 0 aliphatic heterocycles. The van der Waals surface area contributed by atoms with Crippen LogP contribution in [0.15, 0.2) is 70.7 Å². The van der Waals surface area contributed by atoms with E-state index < -0.39 is 11.5 Å². The number of benzene rings is 2. The lowest BCUT2D eigenvalue weighted by Gasteiger charge is -2.10. The molecule has 2 amide bonds. The number of thioether (sulfide) groups is 1. The topological polar surface area (TPSA) is 93.1 Å². The number of aryl methyl sites for hydroxylation is 1. The molecule has 0 aliphatic carbocycles. The highest BCUT2D eigenvalue weighted by molar-refractivity contribution is 7.99. The average molecular weight is 423 g/mol. The first-order valence-electron chi connectivity index (χ1n) is 9.31. The molecule has 0 saturated carbocycles. The summed E-state index contributed by atoms with van der Waals surface area (Å²) in [4.78, 5) is 41.3. The number of carbonyl (C=O) groups excluding carboxylic acids is 2. The Morgan fingerprint density at radius 2 is 1.77 bits per heavy atom. The van der Waals surface area contributed by atoms with Gasteiger partial charge in [-0.05, 0) is 24.6 Å². The maximum atomic E-state index is 12.6. The fourth-order valence-corrected chi connectivity index (χ4v) is 3.40.